The van der Waals surface area contributed by atoms with E-state index in [0.717, 1.165) is 19.6 Å². The predicted molar refractivity (Wildman–Crippen MR) is 73.8 cm³/mol. The number of carbonyl (C=O) groups is 2. The molecule has 20 heavy (non-hydrogen) atoms. The molecule has 0 bridgehead atoms. The SMILES string of the molecule is CC[C@H](C)[C@H](N)C(=O)Nc1ccc(F)c(C(=O)OC)c1. The van der Waals surface area contributed by atoms with E-state index in [-0.39, 0.29) is 17.4 Å². The molecule has 6 heteroatoms. The molecule has 0 spiro atoms. The second-order valence-corrected chi connectivity index (χ2v) is 4.59. The quantitative estimate of drug-likeness (QED) is 0.808. The van der Waals surface area contributed by atoms with Gasteiger partial charge in [0.1, 0.15) is 5.82 Å². The van der Waals surface area contributed by atoms with Crippen molar-refractivity contribution in [2.75, 3.05) is 12.4 Å². The van der Waals surface area contributed by atoms with Crippen LogP contribution in [0, 0.1) is 11.7 Å². The number of nitrogens with two attached hydrogens (primary N) is 1. The molecule has 0 saturated heterocycles. The minimum Gasteiger partial charge on any atom is -0.465 e. The van der Waals surface area contributed by atoms with Gasteiger partial charge in [-0.25, -0.2) is 9.18 Å². The van der Waals surface area contributed by atoms with Crippen LogP contribution < -0.4 is 11.1 Å². The molecule has 3 N–H and O–H groups in total. The molecule has 110 valence electrons. The lowest BCUT2D eigenvalue weighted by Crippen LogP contribution is -2.40. The van der Waals surface area contributed by atoms with Gasteiger partial charge in [0.05, 0.1) is 18.7 Å². The van der Waals surface area contributed by atoms with Gasteiger partial charge in [0, 0.05) is 5.69 Å². The highest BCUT2D eigenvalue weighted by Gasteiger charge is 2.20. The van der Waals surface area contributed by atoms with Crippen LogP contribution in [0.3, 0.4) is 0 Å². The first kappa shape index (κ1) is 16.1. The Kier molecular flexibility index (Phi) is 5.64. The molecule has 1 rings (SSSR count). The Balaban J connectivity index is 2.88. The largest absolute Gasteiger partial charge is 0.465 e. The van der Waals surface area contributed by atoms with Gasteiger partial charge in [0.2, 0.25) is 5.91 Å². The number of carbonyl (C=O) groups excluding carboxylic acids is 2. The van der Waals surface area contributed by atoms with E-state index in [9.17, 15) is 14.0 Å². The highest BCUT2D eigenvalue weighted by Crippen LogP contribution is 2.17. The molecule has 0 unspecified atom stereocenters. The average Bonchev–Trinajstić information content (AvgIpc) is 2.46. The summed E-state index contributed by atoms with van der Waals surface area (Å²) >= 11 is 0. The zero-order chi connectivity index (χ0) is 15.3. The number of rotatable bonds is 5. The molecule has 1 aromatic rings. The fourth-order valence-corrected chi connectivity index (χ4v) is 1.61. The van der Waals surface area contributed by atoms with Gasteiger partial charge in [0.25, 0.3) is 0 Å². The van der Waals surface area contributed by atoms with Gasteiger partial charge in [-0.2, -0.15) is 0 Å². The van der Waals surface area contributed by atoms with Crippen molar-refractivity contribution in [1.29, 1.82) is 0 Å². The highest BCUT2D eigenvalue weighted by atomic mass is 19.1. The smallest absolute Gasteiger partial charge is 0.340 e. The predicted octanol–water partition coefficient (Wildman–Crippen LogP) is 1.92. The van der Waals surface area contributed by atoms with E-state index in [2.05, 4.69) is 10.1 Å². The molecular weight excluding hydrogens is 263 g/mol. The second-order valence-electron chi connectivity index (χ2n) is 4.59. The van der Waals surface area contributed by atoms with Crippen LogP contribution in [-0.4, -0.2) is 25.0 Å². The number of halogens is 1. The van der Waals surface area contributed by atoms with E-state index in [4.69, 9.17) is 5.73 Å². The zero-order valence-electron chi connectivity index (χ0n) is 11.8. The number of methoxy groups -OCH3 is 1. The Morgan fingerprint density at radius 2 is 2.10 bits per heavy atom. The molecule has 1 amide bonds. The lowest BCUT2D eigenvalue weighted by molar-refractivity contribution is -0.118. The van der Waals surface area contributed by atoms with Crippen LogP contribution in [0.2, 0.25) is 0 Å². The first-order valence-corrected chi connectivity index (χ1v) is 6.35. The van der Waals surface area contributed by atoms with E-state index in [0.29, 0.717) is 5.69 Å². The Hall–Kier alpha value is -1.95. The molecule has 0 heterocycles. The minimum atomic E-state index is -0.801. The van der Waals surface area contributed by atoms with Gasteiger partial charge in [0.15, 0.2) is 0 Å². The van der Waals surface area contributed by atoms with E-state index in [1.807, 2.05) is 13.8 Å². The topological polar surface area (TPSA) is 81.4 Å². The number of nitrogens with one attached hydrogen (secondary N) is 1. The van der Waals surface area contributed by atoms with E-state index in [1.165, 1.54) is 12.1 Å². The van der Waals surface area contributed by atoms with Crippen LogP contribution in [0.15, 0.2) is 18.2 Å². The van der Waals surface area contributed by atoms with Gasteiger partial charge in [-0.15, -0.1) is 0 Å². The van der Waals surface area contributed by atoms with Gasteiger partial charge < -0.3 is 15.8 Å². The summed E-state index contributed by atoms with van der Waals surface area (Å²) in [6.07, 6.45) is 0.769. The maximum Gasteiger partial charge on any atom is 0.340 e. The van der Waals surface area contributed by atoms with Crippen LogP contribution in [0.5, 0.6) is 0 Å². The fraction of sp³-hybridized carbons (Fsp3) is 0.429. The van der Waals surface area contributed by atoms with Crippen molar-refractivity contribution in [3.63, 3.8) is 0 Å². The lowest BCUT2D eigenvalue weighted by atomic mass is 9.99. The van der Waals surface area contributed by atoms with Crippen molar-refractivity contribution in [2.45, 2.75) is 26.3 Å². The summed E-state index contributed by atoms with van der Waals surface area (Å²) in [6, 6.07) is 3.02. The molecule has 2 atom stereocenters. The summed E-state index contributed by atoms with van der Waals surface area (Å²) in [7, 11) is 1.16. The van der Waals surface area contributed by atoms with Crippen LogP contribution >= 0.6 is 0 Å². The number of ether oxygens (including phenoxy) is 1. The van der Waals surface area contributed by atoms with Crippen LogP contribution in [-0.2, 0) is 9.53 Å². The Labute approximate surface area is 117 Å². The number of benzene rings is 1. The summed E-state index contributed by atoms with van der Waals surface area (Å²) in [6.45, 7) is 3.81. The third-order valence-corrected chi connectivity index (χ3v) is 3.20. The lowest BCUT2D eigenvalue weighted by Gasteiger charge is -2.18. The molecule has 0 aliphatic heterocycles. The standard InChI is InChI=1S/C14H19FN2O3/c1-4-8(2)12(16)13(18)17-9-5-6-11(15)10(7-9)14(19)20-3/h5-8,12H,4,16H2,1-3H3,(H,17,18)/t8-,12-/m0/s1. The number of esters is 1. The number of anilines is 1. The molecule has 0 aromatic heterocycles. The summed E-state index contributed by atoms with van der Waals surface area (Å²) in [4.78, 5) is 23.3. The number of hydrogen-bond acceptors (Lipinski definition) is 4. The highest BCUT2D eigenvalue weighted by molar-refractivity contribution is 5.97. The van der Waals surface area contributed by atoms with Crippen molar-refractivity contribution in [1.82, 2.24) is 0 Å². The van der Waals surface area contributed by atoms with Crippen molar-refractivity contribution in [2.24, 2.45) is 11.7 Å². The van der Waals surface area contributed by atoms with E-state index < -0.39 is 17.8 Å². The fourth-order valence-electron chi connectivity index (χ4n) is 1.61. The van der Waals surface area contributed by atoms with E-state index >= 15 is 0 Å². The zero-order valence-corrected chi connectivity index (χ0v) is 11.8. The maximum atomic E-state index is 13.4. The molecule has 0 saturated carbocycles. The van der Waals surface area contributed by atoms with Gasteiger partial charge in [-0.05, 0) is 24.1 Å². The third kappa shape index (κ3) is 3.77. The summed E-state index contributed by atoms with van der Waals surface area (Å²) < 4.78 is 17.9. The van der Waals surface area contributed by atoms with Crippen LogP contribution in [0.4, 0.5) is 10.1 Å². The molecular formula is C14H19FN2O3. The van der Waals surface area contributed by atoms with Gasteiger partial charge in [-0.1, -0.05) is 20.3 Å². The molecule has 1 aromatic carbocycles. The van der Waals surface area contributed by atoms with Crippen molar-refractivity contribution < 1.29 is 18.7 Å². The van der Waals surface area contributed by atoms with Crippen LogP contribution in [0.25, 0.3) is 0 Å². The van der Waals surface area contributed by atoms with Gasteiger partial charge >= 0.3 is 5.97 Å². The molecule has 0 aliphatic rings. The van der Waals surface area contributed by atoms with E-state index in [1.54, 1.807) is 0 Å². The molecule has 5 nitrogen and oxygen atoms in total. The first-order valence-electron chi connectivity index (χ1n) is 6.35. The molecule has 0 fully saturated rings. The third-order valence-electron chi connectivity index (χ3n) is 3.20. The van der Waals surface area contributed by atoms with Gasteiger partial charge in [-0.3, -0.25) is 4.79 Å². The first-order chi connectivity index (χ1) is 9.40. The Morgan fingerprint density at radius 3 is 2.65 bits per heavy atom. The number of amides is 1. The summed E-state index contributed by atoms with van der Waals surface area (Å²) in [5, 5.41) is 2.57. The Morgan fingerprint density at radius 1 is 1.45 bits per heavy atom. The monoisotopic (exact) mass is 282 g/mol. The molecule has 0 aliphatic carbocycles. The number of hydrogen-bond donors (Lipinski definition) is 2. The van der Waals surface area contributed by atoms with Crippen molar-refractivity contribution >= 4 is 17.6 Å². The van der Waals surface area contributed by atoms with Crippen LogP contribution in [0.1, 0.15) is 30.6 Å². The van der Waals surface area contributed by atoms with Crippen molar-refractivity contribution in [3.8, 4) is 0 Å². The Bertz CT molecular complexity index is 505. The average molecular weight is 282 g/mol. The second kappa shape index (κ2) is 7.00. The minimum absolute atomic E-state index is 0.0236. The molecule has 0 radical (unpaired) electrons. The summed E-state index contributed by atoms with van der Waals surface area (Å²) in [5.41, 5.74) is 5.86. The maximum absolute atomic E-state index is 13.4. The van der Waals surface area contributed by atoms with Crippen molar-refractivity contribution in [3.05, 3.63) is 29.6 Å². The summed E-state index contributed by atoms with van der Waals surface area (Å²) in [5.74, 6) is -1.86. The normalized spacial score (nSPS) is 13.4.